The Bertz CT molecular complexity index is 1400. The Morgan fingerprint density at radius 3 is 2.55 bits per heavy atom. The third-order valence-electron chi connectivity index (χ3n) is 6.49. The molecule has 15 nitrogen and oxygen atoms in total. The number of rotatable bonds is 11. The van der Waals surface area contributed by atoms with Crippen molar-refractivity contribution < 1.29 is 14.9 Å². The van der Waals surface area contributed by atoms with E-state index in [1.807, 2.05) is 25.1 Å². The van der Waals surface area contributed by atoms with E-state index in [2.05, 4.69) is 67.1 Å². The first-order chi connectivity index (χ1) is 19.2. The molecule has 5 N–H and O–H groups in total. The molecule has 0 aliphatic carbocycles. The van der Waals surface area contributed by atoms with Crippen LogP contribution in [-0.4, -0.2) is 86.8 Å². The minimum Gasteiger partial charge on any atom is -0.387 e. The van der Waals surface area contributed by atoms with E-state index in [-0.39, 0.29) is 11.2 Å². The second-order valence-electron chi connectivity index (χ2n) is 10.8. The van der Waals surface area contributed by atoms with Crippen LogP contribution in [0.1, 0.15) is 52.3 Å². The number of hydrogen-bond donors (Lipinski definition) is 5. The maximum absolute atomic E-state index is 10.9. The van der Waals surface area contributed by atoms with Gasteiger partial charge in [0.2, 0.25) is 11.8 Å². The van der Waals surface area contributed by atoms with Gasteiger partial charge in [0.15, 0.2) is 29.3 Å². The summed E-state index contributed by atoms with van der Waals surface area (Å²) in [6.45, 7) is 10.7. The van der Waals surface area contributed by atoms with Crippen LogP contribution in [-0.2, 0) is 11.3 Å². The summed E-state index contributed by atoms with van der Waals surface area (Å²) in [6.07, 6.45) is -0.305. The van der Waals surface area contributed by atoms with E-state index in [0.29, 0.717) is 49.1 Å². The standard InChI is InChI=1S/C25H36N12O3/c1-5-37-34-21(33-35-37)19-17(38)18(39)23(40-19)36-14-30-16-20(28-11-9-25(2,3)4)31-24(32-22(16)36)29-13-12-27-15-8-6-7-10-26-15/h6-8,10,14,17-19,23,38-39H,5,9,11-13H2,1-4H3,(H,26,27)(H2,28,29,31,32)/t17-,18+,19-,23+/m0/s1. The van der Waals surface area contributed by atoms with Crippen LogP contribution in [0.5, 0.6) is 0 Å². The molecule has 4 aromatic heterocycles. The van der Waals surface area contributed by atoms with E-state index in [1.54, 1.807) is 10.8 Å². The predicted molar refractivity (Wildman–Crippen MR) is 147 cm³/mol. The lowest BCUT2D eigenvalue weighted by atomic mass is 9.92. The van der Waals surface area contributed by atoms with Crippen molar-refractivity contribution in [3.05, 3.63) is 36.5 Å². The van der Waals surface area contributed by atoms with Gasteiger partial charge in [-0.25, -0.2) is 9.97 Å². The summed E-state index contributed by atoms with van der Waals surface area (Å²) in [6, 6.07) is 5.67. The van der Waals surface area contributed by atoms with E-state index in [0.717, 1.165) is 12.2 Å². The Labute approximate surface area is 231 Å². The number of aliphatic hydroxyl groups excluding tert-OH is 2. The van der Waals surface area contributed by atoms with Gasteiger partial charge in [0, 0.05) is 25.8 Å². The molecule has 0 spiro atoms. The first-order valence-corrected chi connectivity index (χ1v) is 13.4. The van der Waals surface area contributed by atoms with E-state index in [4.69, 9.17) is 9.72 Å². The average molecular weight is 553 g/mol. The fraction of sp³-hybridized carbons (Fsp3) is 0.560. The molecule has 0 radical (unpaired) electrons. The lowest BCUT2D eigenvalue weighted by Gasteiger charge is -2.19. The third-order valence-corrected chi connectivity index (χ3v) is 6.49. The van der Waals surface area contributed by atoms with Gasteiger partial charge in [-0.1, -0.05) is 26.8 Å². The van der Waals surface area contributed by atoms with Gasteiger partial charge in [-0.2, -0.15) is 14.8 Å². The molecule has 1 aliphatic rings. The molecule has 0 unspecified atom stereocenters. The molecule has 1 aliphatic heterocycles. The van der Waals surface area contributed by atoms with E-state index < -0.39 is 24.5 Å². The normalized spacial score (nSPS) is 21.1. The molecule has 15 heteroatoms. The highest BCUT2D eigenvalue weighted by Gasteiger charge is 2.47. The predicted octanol–water partition coefficient (Wildman–Crippen LogP) is 1.59. The molecule has 1 fully saturated rings. The second-order valence-corrected chi connectivity index (χ2v) is 10.8. The van der Waals surface area contributed by atoms with Crippen LogP contribution in [0.4, 0.5) is 17.6 Å². The molecule has 0 saturated carbocycles. The number of fused-ring (bicyclic) bond motifs is 1. The van der Waals surface area contributed by atoms with E-state index in [1.165, 1.54) is 11.1 Å². The Kier molecular flexibility index (Phi) is 8.04. The molecule has 1 saturated heterocycles. The number of imidazole rings is 1. The molecule has 5 rings (SSSR count). The summed E-state index contributed by atoms with van der Waals surface area (Å²) in [5, 5.41) is 43.8. The number of tetrazole rings is 1. The number of nitrogens with one attached hydrogen (secondary N) is 3. The van der Waals surface area contributed by atoms with Crippen molar-refractivity contribution in [3.8, 4) is 0 Å². The van der Waals surface area contributed by atoms with Crippen molar-refractivity contribution in [1.29, 1.82) is 0 Å². The zero-order valence-corrected chi connectivity index (χ0v) is 23.1. The highest BCUT2D eigenvalue weighted by molar-refractivity contribution is 5.84. The molecular weight excluding hydrogens is 516 g/mol. The van der Waals surface area contributed by atoms with Crippen LogP contribution in [0.25, 0.3) is 11.2 Å². The van der Waals surface area contributed by atoms with Gasteiger partial charge in [-0.05, 0) is 36.1 Å². The van der Waals surface area contributed by atoms with E-state index >= 15 is 0 Å². The van der Waals surface area contributed by atoms with Crippen LogP contribution >= 0.6 is 0 Å². The van der Waals surface area contributed by atoms with Gasteiger partial charge in [0.25, 0.3) is 0 Å². The fourth-order valence-corrected chi connectivity index (χ4v) is 4.30. The smallest absolute Gasteiger partial charge is 0.226 e. The third kappa shape index (κ3) is 6.11. The summed E-state index contributed by atoms with van der Waals surface area (Å²) >= 11 is 0. The maximum atomic E-state index is 10.9. The lowest BCUT2D eigenvalue weighted by Crippen LogP contribution is -2.29. The first kappa shape index (κ1) is 27.6. The summed E-state index contributed by atoms with van der Waals surface area (Å²) in [5.74, 6) is 1.91. The number of anilines is 3. The van der Waals surface area contributed by atoms with Gasteiger partial charge in [-0.3, -0.25) is 4.57 Å². The molecule has 40 heavy (non-hydrogen) atoms. The van der Waals surface area contributed by atoms with Crippen molar-refractivity contribution >= 4 is 28.7 Å². The highest BCUT2D eigenvalue weighted by atomic mass is 16.6. The number of nitrogens with zero attached hydrogens (tertiary/aromatic N) is 9. The number of hydrogen-bond acceptors (Lipinski definition) is 13. The van der Waals surface area contributed by atoms with Crippen LogP contribution in [0.15, 0.2) is 30.7 Å². The molecule has 4 atom stereocenters. The number of pyridine rings is 1. The molecule has 4 aromatic rings. The van der Waals surface area contributed by atoms with Crippen LogP contribution in [0, 0.1) is 5.41 Å². The largest absolute Gasteiger partial charge is 0.387 e. The van der Waals surface area contributed by atoms with Crippen molar-refractivity contribution in [3.63, 3.8) is 0 Å². The van der Waals surface area contributed by atoms with Gasteiger partial charge in [-0.15, -0.1) is 10.2 Å². The zero-order valence-electron chi connectivity index (χ0n) is 23.1. The maximum Gasteiger partial charge on any atom is 0.226 e. The van der Waals surface area contributed by atoms with E-state index in [9.17, 15) is 10.2 Å². The minimum atomic E-state index is -1.28. The molecular formula is C25H36N12O3. The van der Waals surface area contributed by atoms with Gasteiger partial charge >= 0.3 is 0 Å². The number of ether oxygens (including phenoxy) is 1. The number of aryl methyl sites for hydroxylation is 1. The Morgan fingerprint density at radius 1 is 1.00 bits per heavy atom. The molecule has 214 valence electrons. The van der Waals surface area contributed by atoms with Crippen LogP contribution in [0.3, 0.4) is 0 Å². The molecule has 0 aromatic carbocycles. The topological polar surface area (TPSA) is 186 Å². The van der Waals surface area contributed by atoms with Crippen molar-refractivity contribution in [2.75, 3.05) is 35.6 Å². The number of aromatic nitrogens is 9. The molecule has 0 bridgehead atoms. The summed E-state index contributed by atoms with van der Waals surface area (Å²) in [4.78, 5) is 19.6. The average Bonchev–Trinajstić information content (AvgIpc) is 3.65. The SMILES string of the molecule is CCn1nnc([C@H]2O[C@@H](n3cnc4c(NCCC(C)(C)C)nc(NCCNc5ccccn5)nc43)[C@H](O)[C@@H]2O)n1. The monoisotopic (exact) mass is 552 g/mol. The summed E-state index contributed by atoms with van der Waals surface area (Å²) < 4.78 is 7.66. The quantitative estimate of drug-likeness (QED) is 0.169. The van der Waals surface area contributed by atoms with Crippen molar-refractivity contribution in [2.45, 2.75) is 65.2 Å². The first-order valence-electron chi connectivity index (χ1n) is 13.4. The lowest BCUT2D eigenvalue weighted by molar-refractivity contribution is -0.0384. The number of aliphatic hydroxyl groups is 2. The summed E-state index contributed by atoms with van der Waals surface area (Å²) in [7, 11) is 0. The van der Waals surface area contributed by atoms with Gasteiger partial charge in [0.05, 0.1) is 12.9 Å². The second kappa shape index (κ2) is 11.7. The fourth-order valence-electron chi connectivity index (χ4n) is 4.30. The Hall–Kier alpha value is -3.95. The molecule has 0 amide bonds. The molecule has 5 heterocycles. The van der Waals surface area contributed by atoms with Gasteiger partial charge < -0.3 is 30.9 Å². The van der Waals surface area contributed by atoms with Gasteiger partial charge in [0.1, 0.15) is 18.0 Å². The minimum absolute atomic E-state index is 0.136. The Balaban J connectivity index is 1.39. The highest BCUT2D eigenvalue weighted by Crippen LogP contribution is 2.39. The zero-order chi connectivity index (χ0) is 28.3. The Morgan fingerprint density at radius 2 is 1.82 bits per heavy atom. The van der Waals surface area contributed by atoms with Crippen molar-refractivity contribution in [2.24, 2.45) is 5.41 Å². The van der Waals surface area contributed by atoms with Crippen LogP contribution < -0.4 is 16.0 Å². The van der Waals surface area contributed by atoms with Crippen LogP contribution in [0.2, 0.25) is 0 Å². The van der Waals surface area contributed by atoms with Crippen molar-refractivity contribution in [1.82, 2.24) is 44.7 Å². The summed E-state index contributed by atoms with van der Waals surface area (Å²) in [5.41, 5.74) is 1.10.